The second kappa shape index (κ2) is 15.2. The maximum absolute atomic E-state index is 14.4. The van der Waals surface area contributed by atoms with Crippen LogP contribution in [0.5, 0.6) is 0 Å². The van der Waals surface area contributed by atoms with E-state index in [2.05, 4.69) is 27.1 Å². The normalized spacial score (nSPS) is 17.5. The summed E-state index contributed by atoms with van der Waals surface area (Å²) in [5, 5.41) is 18.8. The number of aromatic nitrogens is 6. The number of hydrogen-bond acceptors (Lipinski definition) is 8. The number of hydrogen-bond donors (Lipinski definition) is 2. The Morgan fingerprint density at radius 3 is 2.43 bits per heavy atom. The fraction of sp³-hybridized carbons (Fsp3) is 0.457. The third-order valence-corrected chi connectivity index (χ3v) is 9.26. The number of fused-ring (bicyclic) bond motifs is 1. The van der Waals surface area contributed by atoms with Gasteiger partial charge in [0.25, 0.3) is 5.56 Å². The topological polar surface area (TPSA) is 141 Å². The van der Waals surface area contributed by atoms with Crippen LogP contribution < -0.4 is 62.7 Å². The van der Waals surface area contributed by atoms with Crippen LogP contribution in [-0.4, -0.2) is 52.2 Å². The van der Waals surface area contributed by atoms with E-state index in [0.29, 0.717) is 18.0 Å². The van der Waals surface area contributed by atoms with Gasteiger partial charge >= 0.3 is 57.1 Å². The van der Waals surface area contributed by atoms with Crippen molar-refractivity contribution in [3.63, 3.8) is 0 Å². The number of aromatic amines is 1. The predicted octanol–water partition coefficient (Wildman–Crippen LogP) is 2.61. The van der Waals surface area contributed by atoms with E-state index in [-0.39, 0.29) is 76.6 Å². The van der Waals surface area contributed by atoms with Gasteiger partial charge in [0.15, 0.2) is 5.82 Å². The van der Waals surface area contributed by atoms with Crippen molar-refractivity contribution >= 4 is 5.78 Å². The number of ether oxygens (including phenoxy) is 1. The van der Waals surface area contributed by atoms with Crippen molar-refractivity contribution in [1.82, 2.24) is 29.3 Å². The summed E-state index contributed by atoms with van der Waals surface area (Å²) >= 11 is 0. The SMILES string of the molecule is CCCCc1c(Cc2ccc(-c3ccccc3-c3noc(=O)[nH]3)cc2)c(=O)n(C2CCC(OC(C)C(C)(C)O)CC2)c2ncnn12.[H-].[K+]. The van der Waals surface area contributed by atoms with Gasteiger partial charge in [0.05, 0.1) is 23.5 Å². The Morgan fingerprint density at radius 1 is 1.09 bits per heavy atom. The van der Waals surface area contributed by atoms with Crippen LogP contribution >= 0.6 is 0 Å². The minimum absolute atomic E-state index is 0. The largest absolute Gasteiger partial charge is 1.00 e. The average molecular weight is 667 g/mol. The fourth-order valence-electron chi connectivity index (χ4n) is 6.37. The van der Waals surface area contributed by atoms with E-state index in [1.165, 1.54) is 0 Å². The molecule has 0 bridgehead atoms. The van der Waals surface area contributed by atoms with Gasteiger partial charge in [-0.1, -0.05) is 67.0 Å². The molecule has 2 aromatic carbocycles. The maximum atomic E-state index is 14.4. The molecule has 47 heavy (non-hydrogen) atoms. The summed E-state index contributed by atoms with van der Waals surface area (Å²) in [6.45, 7) is 7.58. The number of unbranched alkanes of at least 4 members (excludes halogenated alkanes) is 1. The maximum Gasteiger partial charge on any atom is 1.00 e. The Kier molecular flexibility index (Phi) is 11.5. The first-order valence-corrected chi connectivity index (χ1v) is 16.2. The van der Waals surface area contributed by atoms with E-state index < -0.39 is 11.4 Å². The number of aryl methyl sites for hydroxylation is 1. The molecule has 1 saturated carbocycles. The number of aliphatic hydroxyl groups is 1. The molecule has 0 radical (unpaired) electrons. The van der Waals surface area contributed by atoms with Crippen molar-refractivity contribution in [2.45, 2.75) is 103 Å². The molecule has 3 aromatic heterocycles. The molecule has 3 heterocycles. The fourth-order valence-corrected chi connectivity index (χ4v) is 6.37. The van der Waals surface area contributed by atoms with E-state index in [0.717, 1.165) is 78.5 Å². The molecule has 0 saturated heterocycles. The molecule has 2 N–H and O–H groups in total. The molecule has 0 spiro atoms. The Bertz CT molecular complexity index is 1920. The average Bonchev–Trinajstić information content (AvgIpc) is 3.71. The molecule has 12 heteroatoms. The molecule has 244 valence electrons. The summed E-state index contributed by atoms with van der Waals surface area (Å²) in [6, 6.07) is 15.8. The Labute approximate surface area is 317 Å². The molecule has 6 rings (SSSR count). The first-order valence-electron chi connectivity index (χ1n) is 16.2. The molecule has 0 aliphatic heterocycles. The van der Waals surface area contributed by atoms with Gasteiger partial charge in [-0.2, -0.15) is 10.1 Å². The third kappa shape index (κ3) is 7.80. The zero-order valence-electron chi connectivity index (χ0n) is 28.9. The summed E-state index contributed by atoms with van der Waals surface area (Å²) in [6.07, 6.45) is 7.60. The van der Waals surface area contributed by atoms with Crippen molar-refractivity contribution in [2.75, 3.05) is 0 Å². The van der Waals surface area contributed by atoms with Crippen LogP contribution in [0, 0.1) is 0 Å². The number of nitrogens with one attached hydrogen (secondary N) is 1. The molecule has 1 unspecified atom stereocenters. The first-order chi connectivity index (χ1) is 22.1. The van der Waals surface area contributed by atoms with Gasteiger partial charge in [0, 0.05) is 23.6 Å². The third-order valence-electron chi connectivity index (χ3n) is 9.26. The molecule has 5 aromatic rings. The Morgan fingerprint density at radius 2 is 1.79 bits per heavy atom. The summed E-state index contributed by atoms with van der Waals surface area (Å²) in [7, 11) is 0. The minimum Gasteiger partial charge on any atom is -1.00 e. The molecule has 0 amide bonds. The standard InChI is InChI=1S/C35H42N6O5.K.H/c1-5-6-11-30-29(20-23-12-14-24(15-13-23)27-9-7-8-10-28(27)31-38-34(43)46-39-31)32(42)40(33-36-21-37-41(30)33)25-16-18-26(19-17-25)45-22(2)35(3,4)44;;/h7-10,12-15,21-22,25-26,44H,5-6,11,16-20H2,1-4H3,(H,38,39,43);;/q;+1;-1. The van der Waals surface area contributed by atoms with Crippen molar-refractivity contribution in [3.8, 4) is 22.5 Å². The molecule has 1 aliphatic carbocycles. The van der Waals surface area contributed by atoms with Crippen molar-refractivity contribution in [1.29, 1.82) is 0 Å². The molecule has 1 atom stereocenters. The summed E-state index contributed by atoms with van der Waals surface area (Å²) in [5.41, 5.74) is 4.37. The quantitative estimate of drug-likeness (QED) is 0.205. The van der Waals surface area contributed by atoms with Crippen LogP contribution in [0.3, 0.4) is 0 Å². The number of nitrogens with zero attached hydrogens (tertiary/aromatic N) is 5. The number of benzene rings is 2. The smallest absolute Gasteiger partial charge is 1.00 e. The van der Waals surface area contributed by atoms with E-state index in [4.69, 9.17) is 9.26 Å². The molecular weight excluding hydrogens is 624 g/mol. The Balaban J connectivity index is 0.00000260. The van der Waals surface area contributed by atoms with Gasteiger partial charge in [-0.15, -0.1) is 0 Å². The molecule has 1 aliphatic rings. The van der Waals surface area contributed by atoms with Crippen LogP contribution in [0.1, 0.15) is 90.5 Å². The molecule has 1 fully saturated rings. The van der Waals surface area contributed by atoms with Gasteiger partial charge in [0.2, 0.25) is 5.78 Å². The zero-order valence-corrected chi connectivity index (χ0v) is 31.0. The van der Waals surface area contributed by atoms with Crippen LogP contribution in [-0.2, 0) is 17.6 Å². The van der Waals surface area contributed by atoms with E-state index >= 15 is 0 Å². The van der Waals surface area contributed by atoms with Gasteiger partial charge in [-0.3, -0.25) is 18.9 Å². The Hall–Kier alpha value is -2.71. The van der Waals surface area contributed by atoms with Crippen molar-refractivity contribution in [3.05, 3.63) is 92.6 Å². The van der Waals surface area contributed by atoms with Crippen LogP contribution in [0.4, 0.5) is 0 Å². The monoisotopic (exact) mass is 666 g/mol. The van der Waals surface area contributed by atoms with Gasteiger partial charge in [-0.05, 0) is 76.0 Å². The predicted molar refractivity (Wildman–Crippen MR) is 176 cm³/mol. The van der Waals surface area contributed by atoms with Crippen molar-refractivity contribution < 1.29 is 67.2 Å². The number of rotatable bonds is 11. The van der Waals surface area contributed by atoms with Crippen LogP contribution in [0.15, 0.2) is 69.0 Å². The summed E-state index contributed by atoms with van der Waals surface area (Å²) < 4.78 is 14.7. The van der Waals surface area contributed by atoms with E-state index in [1.54, 1.807) is 20.2 Å². The van der Waals surface area contributed by atoms with Crippen LogP contribution in [0.2, 0.25) is 0 Å². The number of H-pyrrole nitrogens is 1. The van der Waals surface area contributed by atoms with E-state index in [1.807, 2.05) is 64.5 Å². The molecule has 11 nitrogen and oxygen atoms in total. The minimum atomic E-state index is -0.913. The van der Waals surface area contributed by atoms with Gasteiger partial charge in [0.1, 0.15) is 6.33 Å². The van der Waals surface area contributed by atoms with Gasteiger partial charge in [-0.25, -0.2) is 9.31 Å². The molecular formula is C35H43KN6O5. The first kappa shape index (κ1) is 35.6. The zero-order chi connectivity index (χ0) is 32.4. The van der Waals surface area contributed by atoms with Crippen molar-refractivity contribution in [2.24, 2.45) is 0 Å². The second-order valence-corrected chi connectivity index (χ2v) is 12.9. The second-order valence-electron chi connectivity index (χ2n) is 12.9. The van der Waals surface area contributed by atoms with Gasteiger partial charge < -0.3 is 11.3 Å². The summed E-state index contributed by atoms with van der Waals surface area (Å²) in [5.74, 6) is 0.363. The van der Waals surface area contributed by atoms with E-state index in [9.17, 15) is 14.7 Å². The van der Waals surface area contributed by atoms with Crippen LogP contribution in [0.25, 0.3) is 28.3 Å². The summed E-state index contributed by atoms with van der Waals surface area (Å²) in [4.78, 5) is 33.2.